The summed E-state index contributed by atoms with van der Waals surface area (Å²) in [5.41, 5.74) is -0.0702. The van der Waals surface area contributed by atoms with Crippen LogP contribution in [0.25, 0.3) is 0 Å². The van der Waals surface area contributed by atoms with Gasteiger partial charge >= 0.3 is 6.18 Å². The third-order valence-electron chi connectivity index (χ3n) is 6.08. The Morgan fingerprint density at radius 1 is 0.927 bits per heavy atom. The monoisotopic (exact) mass is 609 g/mol. The van der Waals surface area contributed by atoms with Crippen molar-refractivity contribution in [2.24, 2.45) is 0 Å². The minimum absolute atomic E-state index is 0.105. The first-order valence-corrected chi connectivity index (χ1v) is 14.9. The minimum Gasteiger partial charge on any atom is -0.352 e. The summed E-state index contributed by atoms with van der Waals surface area (Å²) in [7, 11) is -4.22. The fourth-order valence-corrected chi connectivity index (χ4v) is 5.27. The summed E-state index contributed by atoms with van der Waals surface area (Å²) in [4.78, 5) is 28.7. The molecule has 0 bridgehead atoms. The van der Waals surface area contributed by atoms with E-state index in [4.69, 9.17) is 11.6 Å². The van der Waals surface area contributed by atoms with Crippen molar-refractivity contribution in [2.75, 3.05) is 17.1 Å². The molecule has 3 aromatic carbocycles. The van der Waals surface area contributed by atoms with E-state index in [2.05, 4.69) is 5.32 Å². The lowest BCUT2D eigenvalue weighted by molar-refractivity contribution is -0.140. The topological polar surface area (TPSA) is 86.8 Å². The number of amides is 2. The van der Waals surface area contributed by atoms with Gasteiger partial charge in [0, 0.05) is 24.0 Å². The first-order chi connectivity index (χ1) is 19.1. The van der Waals surface area contributed by atoms with Crippen molar-refractivity contribution in [3.63, 3.8) is 0 Å². The molecule has 0 saturated heterocycles. The largest absolute Gasteiger partial charge is 0.416 e. The van der Waals surface area contributed by atoms with E-state index in [1.54, 1.807) is 68.4 Å². The Kier molecular flexibility index (Phi) is 10.4. The summed E-state index contributed by atoms with van der Waals surface area (Å²) in [6.07, 6.45) is -3.82. The zero-order valence-electron chi connectivity index (χ0n) is 22.7. The Hall–Kier alpha value is -3.57. The van der Waals surface area contributed by atoms with Crippen LogP contribution in [0.4, 0.5) is 18.9 Å². The average molecular weight is 610 g/mol. The fraction of sp³-hybridized carbons (Fsp3) is 0.310. The van der Waals surface area contributed by atoms with Crippen molar-refractivity contribution in [2.45, 2.75) is 45.1 Å². The van der Waals surface area contributed by atoms with E-state index in [-0.39, 0.29) is 24.7 Å². The maximum atomic E-state index is 14.0. The number of hydrogen-bond acceptors (Lipinski definition) is 4. The van der Waals surface area contributed by atoms with Crippen molar-refractivity contribution < 1.29 is 31.2 Å². The molecular weight excluding hydrogens is 579 g/mol. The van der Waals surface area contributed by atoms with Crippen LogP contribution in [0.2, 0.25) is 5.02 Å². The number of anilines is 1. The van der Waals surface area contributed by atoms with E-state index in [0.717, 1.165) is 24.0 Å². The molecule has 0 aromatic heterocycles. The number of carbonyl (C=O) groups is 2. The van der Waals surface area contributed by atoms with Crippen LogP contribution in [0.15, 0.2) is 78.9 Å². The first kappa shape index (κ1) is 32.0. The van der Waals surface area contributed by atoms with Crippen LogP contribution in [-0.2, 0) is 38.8 Å². The molecule has 0 fully saturated rings. The zero-order valence-corrected chi connectivity index (χ0v) is 24.3. The summed E-state index contributed by atoms with van der Waals surface area (Å²) in [6, 6.07) is 18.0. The van der Waals surface area contributed by atoms with Crippen molar-refractivity contribution in [3.8, 4) is 0 Å². The number of alkyl halides is 3. The Morgan fingerprint density at radius 3 is 2.15 bits per heavy atom. The number of carbonyl (C=O) groups excluding carboxylic acids is 2. The van der Waals surface area contributed by atoms with Gasteiger partial charge in [-0.25, -0.2) is 8.42 Å². The third-order valence-corrected chi connectivity index (χ3v) is 7.46. The molecule has 1 atom stereocenters. The van der Waals surface area contributed by atoms with E-state index in [9.17, 15) is 31.2 Å². The first-order valence-electron chi connectivity index (χ1n) is 12.7. The van der Waals surface area contributed by atoms with Gasteiger partial charge in [-0.1, -0.05) is 60.1 Å². The maximum absolute atomic E-state index is 14.0. The molecule has 7 nitrogen and oxygen atoms in total. The van der Waals surface area contributed by atoms with Crippen LogP contribution in [0.1, 0.15) is 30.5 Å². The summed E-state index contributed by atoms with van der Waals surface area (Å²) >= 11 is 6.16. The van der Waals surface area contributed by atoms with Crippen molar-refractivity contribution in [3.05, 3.63) is 101 Å². The molecule has 0 aliphatic rings. The van der Waals surface area contributed by atoms with Crippen LogP contribution in [0, 0.1) is 0 Å². The second kappa shape index (κ2) is 13.4. The molecule has 220 valence electrons. The molecule has 1 N–H and O–H groups in total. The van der Waals surface area contributed by atoms with E-state index >= 15 is 0 Å². The van der Waals surface area contributed by atoms with Gasteiger partial charge in [0.15, 0.2) is 0 Å². The molecule has 41 heavy (non-hydrogen) atoms. The minimum atomic E-state index is -4.72. The molecule has 0 radical (unpaired) electrons. The highest BCUT2D eigenvalue weighted by Crippen LogP contribution is 2.32. The van der Waals surface area contributed by atoms with Gasteiger partial charge < -0.3 is 10.2 Å². The van der Waals surface area contributed by atoms with Crippen LogP contribution >= 0.6 is 11.6 Å². The molecule has 2 amide bonds. The number of halogens is 4. The smallest absolute Gasteiger partial charge is 0.352 e. The van der Waals surface area contributed by atoms with E-state index in [1.165, 1.54) is 11.0 Å². The molecule has 0 heterocycles. The number of nitrogens with one attached hydrogen (secondary N) is 1. The van der Waals surface area contributed by atoms with Gasteiger partial charge in [0.05, 0.1) is 17.5 Å². The van der Waals surface area contributed by atoms with Gasteiger partial charge in [0.2, 0.25) is 21.8 Å². The summed E-state index contributed by atoms with van der Waals surface area (Å²) in [5.74, 6) is -1.25. The lowest BCUT2D eigenvalue weighted by Gasteiger charge is -2.34. The second-order valence-corrected chi connectivity index (χ2v) is 12.2. The van der Waals surface area contributed by atoms with E-state index in [0.29, 0.717) is 21.0 Å². The lowest BCUT2D eigenvalue weighted by Crippen LogP contribution is -2.54. The fourth-order valence-electron chi connectivity index (χ4n) is 4.22. The van der Waals surface area contributed by atoms with Crippen molar-refractivity contribution in [1.82, 2.24) is 10.2 Å². The highest BCUT2D eigenvalue weighted by Gasteiger charge is 2.35. The Morgan fingerprint density at radius 2 is 1.56 bits per heavy atom. The van der Waals surface area contributed by atoms with Crippen LogP contribution in [-0.4, -0.2) is 50.0 Å². The normalized spacial score (nSPS) is 12.6. The van der Waals surface area contributed by atoms with Gasteiger partial charge in [0.1, 0.15) is 12.6 Å². The van der Waals surface area contributed by atoms with Gasteiger partial charge in [-0.3, -0.25) is 13.9 Å². The molecule has 12 heteroatoms. The Labute approximate surface area is 243 Å². The summed E-state index contributed by atoms with van der Waals surface area (Å²) in [6.45, 7) is 2.59. The molecule has 0 aliphatic carbocycles. The number of rotatable bonds is 11. The van der Waals surface area contributed by atoms with Gasteiger partial charge in [0.25, 0.3) is 0 Å². The molecule has 0 spiro atoms. The average Bonchev–Trinajstić information content (AvgIpc) is 2.88. The van der Waals surface area contributed by atoms with E-state index in [1.807, 2.05) is 0 Å². The lowest BCUT2D eigenvalue weighted by atomic mass is 10.0. The van der Waals surface area contributed by atoms with Gasteiger partial charge in [-0.15, -0.1) is 0 Å². The van der Waals surface area contributed by atoms with Gasteiger partial charge in [-0.05, 0) is 55.3 Å². The molecule has 3 rings (SSSR count). The van der Waals surface area contributed by atoms with Crippen molar-refractivity contribution >= 4 is 39.1 Å². The van der Waals surface area contributed by atoms with Gasteiger partial charge in [-0.2, -0.15) is 13.2 Å². The third kappa shape index (κ3) is 9.22. The predicted octanol–water partition coefficient (Wildman–Crippen LogP) is 5.29. The summed E-state index contributed by atoms with van der Waals surface area (Å²) < 4.78 is 66.4. The van der Waals surface area contributed by atoms with Crippen LogP contribution < -0.4 is 9.62 Å². The predicted molar refractivity (Wildman–Crippen MR) is 153 cm³/mol. The molecule has 0 aliphatic heterocycles. The standard InChI is InChI=1S/C29H31ClF3N3O4S/c1-20(2)34-28(38)26(16-21-9-5-4-6-10-21)35(18-22-11-7-13-24(30)15-22)27(37)19-36(41(3,39)40)25-14-8-12-23(17-25)29(31,32)33/h4-15,17,20,26H,16,18-19H2,1-3H3,(H,34,38)/t26-/m1/s1. The summed E-state index contributed by atoms with van der Waals surface area (Å²) in [5, 5.41) is 3.21. The number of benzene rings is 3. The SMILES string of the molecule is CC(C)NC(=O)[C@@H](Cc1ccccc1)N(Cc1cccc(Cl)c1)C(=O)CN(c1cccc(C(F)(F)F)c1)S(C)(=O)=O. The number of hydrogen-bond donors (Lipinski definition) is 1. The van der Waals surface area contributed by atoms with E-state index < -0.39 is 46.2 Å². The Bertz CT molecular complexity index is 1470. The van der Waals surface area contributed by atoms with Crippen LogP contribution in [0.5, 0.6) is 0 Å². The number of sulfonamides is 1. The van der Waals surface area contributed by atoms with Crippen molar-refractivity contribution in [1.29, 1.82) is 0 Å². The highest BCUT2D eigenvalue weighted by atomic mass is 35.5. The maximum Gasteiger partial charge on any atom is 0.416 e. The zero-order chi connectivity index (χ0) is 30.4. The molecule has 0 saturated carbocycles. The number of nitrogens with zero attached hydrogens (tertiary/aromatic N) is 2. The molecule has 3 aromatic rings. The Balaban J connectivity index is 2.08. The molecule has 0 unspecified atom stereocenters. The molecular formula is C29H31ClF3N3O4S. The second-order valence-electron chi connectivity index (χ2n) is 9.84. The highest BCUT2D eigenvalue weighted by molar-refractivity contribution is 7.92. The quantitative estimate of drug-likeness (QED) is 0.320. The van der Waals surface area contributed by atoms with Crippen LogP contribution in [0.3, 0.4) is 0 Å².